The van der Waals surface area contributed by atoms with Crippen molar-refractivity contribution in [3.63, 3.8) is 0 Å². The molecule has 1 aliphatic heterocycles. The second-order valence-electron chi connectivity index (χ2n) is 7.06. The zero-order chi connectivity index (χ0) is 20.0. The van der Waals surface area contributed by atoms with Gasteiger partial charge in [-0.2, -0.15) is 0 Å². The van der Waals surface area contributed by atoms with Crippen molar-refractivity contribution in [2.45, 2.75) is 19.4 Å². The Morgan fingerprint density at radius 2 is 2.18 bits per heavy atom. The highest BCUT2D eigenvalue weighted by Crippen LogP contribution is 2.21. The van der Waals surface area contributed by atoms with E-state index in [0.29, 0.717) is 37.6 Å². The van der Waals surface area contributed by atoms with Crippen molar-refractivity contribution in [3.05, 3.63) is 59.9 Å². The fraction of sp³-hybridized carbons (Fsp3) is 0.400. The first-order valence-corrected chi connectivity index (χ1v) is 11.2. The van der Waals surface area contributed by atoms with Gasteiger partial charge in [0.05, 0.1) is 6.26 Å². The van der Waals surface area contributed by atoms with Gasteiger partial charge in [0.1, 0.15) is 12.4 Å². The molecule has 1 N–H and O–H groups in total. The van der Waals surface area contributed by atoms with Crippen molar-refractivity contribution < 1.29 is 17.9 Å². The van der Waals surface area contributed by atoms with Gasteiger partial charge in [0.25, 0.3) is 5.91 Å². The van der Waals surface area contributed by atoms with Crippen LogP contribution in [-0.2, 0) is 16.6 Å². The molecule has 0 unspecified atom stereocenters. The number of carbonyl (C=O) groups excluding carboxylic acids is 1. The summed E-state index contributed by atoms with van der Waals surface area (Å²) in [6, 6.07) is 10.9. The molecule has 150 valence electrons. The number of benzene rings is 1. The Balaban J connectivity index is 1.60. The van der Waals surface area contributed by atoms with E-state index in [1.54, 1.807) is 35.5 Å². The first-order valence-electron chi connectivity index (χ1n) is 9.26. The van der Waals surface area contributed by atoms with Gasteiger partial charge in [-0.05, 0) is 43.0 Å². The minimum Gasteiger partial charge on any atom is -0.489 e. The Labute approximate surface area is 165 Å². The lowest BCUT2D eigenvalue weighted by Crippen LogP contribution is -2.43. The van der Waals surface area contributed by atoms with Crippen molar-refractivity contribution in [3.8, 4) is 5.75 Å². The van der Waals surface area contributed by atoms with Gasteiger partial charge >= 0.3 is 0 Å². The third-order valence-corrected chi connectivity index (χ3v) is 5.34. The smallest absolute Gasteiger partial charge is 0.253 e. The number of rotatable bonds is 7. The molecule has 28 heavy (non-hydrogen) atoms. The van der Waals surface area contributed by atoms with E-state index in [4.69, 9.17) is 4.74 Å². The summed E-state index contributed by atoms with van der Waals surface area (Å²) in [6.07, 6.45) is 6.36. The molecule has 0 aliphatic carbocycles. The molecule has 1 aromatic heterocycles. The Hall–Kier alpha value is -2.45. The molecule has 2 heterocycles. The fourth-order valence-electron chi connectivity index (χ4n) is 3.24. The van der Waals surface area contributed by atoms with Crippen LogP contribution in [0.5, 0.6) is 5.75 Å². The number of likely N-dealkylation sites (tertiary alicyclic amines) is 1. The minimum absolute atomic E-state index is 0.0594. The summed E-state index contributed by atoms with van der Waals surface area (Å²) in [7, 11) is -3.22. The van der Waals surface area contributed by atoms with Crippen LogP contribution < -0.4 is 9.46 Å². The topological polar surface area (TPSA) is 88.6 Å². The highest BCUT2D eigenvalue weighted by atomic mass is 32.2. The average molecular weight is 404 g/mol. The highest BCUT2D eigenvalue weighted by molar-refractivity contribution is 7.88. The highest BCUT2D eigenvalue weighted by Gasteiger charge is 2.25. The van der Waals surface area contributed by atoms with E-state index < -0.39 is 10.0 Å². The summed E-state index contributed by atoms with van der Waals surface area (Å²) >= 11 is 0. The van der Waals surface area contributed by atoms with Crippen LogP contribution in [0.3, 0.4) is 0 Å². The SMILES string of the molecule is CS(=O)(=O)NC[C@H]1CCCN(C(=O)c2cccc(OCc3cccnc3)c2)C1. The minimum atomic E-state index is -3.22. The predicted molar refractivity (Wildman–Crippen MR) is 106 cm³/mol. The Morgan fingerprint density at radius 1 is 1.32 bits per heavy atom. The molecule has 2 aromatic rings. The van der Waals surface area contributed by atoms with Crippen molar-refractivity contribution in [2.24, 2.45) is 5.92 Å². The van der Waals surface area contributed by atoms with E-state index >= 15 is 0 Å². The van der Waals surface area contributed by atoms with E-state index in [1.807, 2.05) is 18.2 Å². The molecule has 1 aliphatic rings. The molecule has 1 fully saturated rings. The Morgan fingerprint density at radius 3 is 2.93 bits per heavy atom. The summed E-state index contributed by atoms with van der Waals surface area (Å²) in [5, 5.41) is 0. The summed E-state index contributed by atoms with van der Waals surface area (Å²) in [5.74, 6) is 0.690. The molecule has 0 saturated carbocycles. The molecular weight excluding hydrogens is 378 g/mol. The summed E-state index contributed by atoms with van der Waals surface area (Å²) in [4.78, 5) is 18.7. The van der Waals surface area contributed by atoms with Crippen LogP contribution in [0.15, 0.2) is 48.8 Å². The number of hydrogen-bond acceptors (Lipinski definition) is 5. The standard InChI is InChI=1S/C20H25N3O4S/c1-28(25,26)22-13-16-6-4-10-23(14-16)20(24)18-7-2-8-19(11-18)27-15-17-5-3-9-21-12-17/h2-3,5,7-9,11-12,16,22H,4,6,10,13-15H2,1H3/t16-/m1/s1. The molecule has 0 radical (unpaired) electrons. The van der Waals surface area contributed by atoms with E-state index in [0.717, 1.165) is 24.7 Å². The molecule has 0 bridgehead atoms. The van der Waals surface area contributed by atoms with Gasteiger partial charge in [0.2, 0.25) is 10.0 Å². The number of carbonyl (C=O) groups is 1. The zero-order valence-electron chi connectivity index (χ0n) is 15.9. The maximum Gasteiger partial charge on any atom is 0.253 e. The number of amides is 1. The number of sulfonamides is 1. The molecule has 0 spiro atoms. The number of nitrogens with one attached hydrogen (secondary N) is 1. The van der Waals surface area contributed by atoms with Crippen LogP contribution in [0.25, 0.3) is 0 Å². The zero-order valence-corrected chi connectivity index (χ0v) is 16.7. The van der Waals surface area contributed by atoms with Gasteiger partial charge in [-0.1, -0.05) is 12.1 Å². The van der Waals surface area contributed by atoms with Gasteiger partial charge in [0.15, 0.2) is 0 Å². The molecule has 3 rings (SSSR count). The van der Waals surface area contributed by atoms with Crippen LogP contribution >= 0.6 is 0 Å². The number of piperidine rings is 1. The number of hydrogen-bond donors (Lipinski definition) is 1. The summed E-state index contributed by atoms with van der Waals surface area (Å²) in [5.41, 5.74) is 1.52. The lowest BCUT2D eigenvalue weighted by atomic mass is 9.97. The Kier molecular flexibility index (Phi) is 6.64. The monoisotopic (exact) mass is 403 g/mol. The summed E-state index contributed by atoms with van der Waals surface area (Å²) < 4.78 is 30.9. The van der Waals surface area contributed by atoms with Crippen molar-refractivity contribution in [2.75, 3.05) is 25.9 Å². The second kappa shape index (κ2) is 9.16. The van der Waals surface area contributed by atoms with Gasteiger partial charge in [-0.25, -0.2) is 13.1 Å². The molecule has 1 aromatic carbocycles. The van der Waals surface area contributed by atoms with Crippen molar-refractivity contribution in [1.29, 1.82) is 0 Å². The third kappa shape index (κ3) is 6.03. The molecular formula is C20H25N3O4S. The van der Waals surface area contributed by atoms with E-state index in [9.17, 15) is 13.2 Å². The first kappa shape index (κ1) is 20.3. The summed E-state index contributed by atoms with van der Waals surface area (Å²) in [6.45, 7) is 1.96. The maximum atomic E-state index is 12.9. The number of ether oxygens (including phenoxy) is 1. The molecule has 8 heteroatoms. The molecule has 1 atom stereocenters. The van der Waals surface area contributed by atoms with Gasteiger partial charge < -0.3 is 9.64 Å². The molecule has 1 amide bonds. The van der Waals surface area contributed by atoms with E-state index in [-0.39, 0.29) is 11.8 Å². The molecule has 7 nitrogen and oxygen atoms in total. The van der Waals surface area contributed by atoms with Crippen molar-refractivity contribution >= 4 is 15.9 Å². The molecule has 1 saturated heterocycles. The van der Waals surface area contributed by atoms with Gasteiger partial charge in [0, 0.05) is 43.2 Å². The van der Waals surface area contributed by atoms with Gasteiger partial charge in [-0.15, -0.1) is 0 Å². The van der Waals surface area contributed by atoms with Crippen LogP contribution in [-0.4, -0.2) is 50.1 Å². The lowest BCUT2D eigenvalue weighted by molar-refractivity contribution is 0.0676. The largest absolute Gasteiger partial charge is 0.489 e. The number of aromatic nitrogens is 1. The average Bonchev–Trinajstić information content (AvgIpc) is 2.71. The van der Waals surface area contributed by atoms with Crippen LogP contribution in [0, 0.1) is 5.92 Å². The van der Waals surface area contributed by atoms with E-state index in [1.165, 1.54) is 0 Å². The second-order valence-corrected chi connectivity index (χ2v) is 8.89. The maximum absolute atomic E-state index is 12.9. The Bertz CT molecular complexity index is 903. The fourth-order valence-corrected chi connectivity index (χ4v) is 3.78. The normalized spacial score (nSPS) is 17.3. The quantitative estimate of drug-likeness (QED) is 0.764. The van der Waals surface area contributed by atoms with Crippen LogP contribution in [0.1, 0.15) is 28.8 Å². The van der Waals surface area contributed by atoms with Gasteiger partial charge in [-0.3, -0.25) is 9.78 Å². The van der Waals surface area contributed by atoms with Crippen LogP contribution in [0.2, 0.25) is 0 Å². The van der Waals surface area contributed by atoms with Crippen molar-refractivity contribution in [1.82, 2.24) is 14.6 Å². The predicted octanol–water partition coefficient (Wildman–Crippen LogP) is 2.06. The third-order valence-electron chi connectivity index (χ3n) is 4.65. The number of nitrogens with zero attached hydrogens (tertiary/aromatic N) is 2. The first-order chi connectivity index (χ1) is 13.4. The lowest BCUT2D eigenvalue weighted by Gasteiger charge is -2.33. The van der Waals surface area contributed by atoms with E-state index in [2.05, 4.69) is 9.71 Å². The number of pyridine rings is 1. The van der Waals surface area contributed by atoms with Crippen LogP contribution in [0.4, 0.5) is 0 Å².